The molecule has 1 rings (SSSR count). The largest absolute Gasteiger partial charge is 0.0850 e. The molecule has 0 heteroatoms. The molecule has 0 fully saturated rings. The molecule has 1 aliphatic rings. The minimum Gasteiger partial charge on any atom is -0.0850 e. The van der Waals surface area contributed by atoms with Gasteiger partial charge in [-0.1, -0.05) is 46.3 Å². The van der Waals surface area contributed by atoms with Gasteiger partial charge in [-0.05, 0) is 42.9 Å². The van der Waals surface area contributed by atoms with Gasteiger partial charge in [-0.25, -0.2) is 0 Å². The first-order chi connectivity index (χ1) is 6.26. The summed E-state index contributed by atoms with van der Waals surface area (Å²) in [7, 11) is 0. The third-order valence-corrected chi connectivity index (χ3v) is 3.94. The van der Waals surface area contributed by atoms with Crippen molar-refractivity contribution in [3.05, 3.63) is 11.6 Å². The fourth-order valence-electron chi connectivity index (χ4n) is 2.91. The van der Waals surface area contributed by atoms with E-state index in [0.717, 1.165) is 5.92 Å². The number of rotatable bonds is 1. The molecule has 0 heterocycles. The molecule has 0 aromatic heterocycles. The molecule has 0 saturated heterocycles. The van der Waals surface area contributed by atoms with Crippen molar-refractivity contribution >= 4 is 0 Å². The Kier molecular flexibility index (Phi) is 3.13. The normalized spacial score (nSPS) is 34.1. The van der Waals surface area contributed by atoms with Crippen LogP contribution < -0.4 is 0 Å². The van der Waals surface area contributed by atoms with Crippen LogP contribution in [0.3, 0.4) is 0 Å². The van der Waals surface area contributed by atoms with Crippen LogP contribution in [0, 0.1) is 16.7 Å². The predicted octanol–water partition coefficient (Wildman–Crippen LogP) is 4.81. The van der Waals surface area contributed by atoms with E-state index in [0.29, 0.717) is 10.8 Å². The minimum atomic E-state index is 0.440. The maximum Gasteiger partial charge on any atom is -0.00885 e. The Hall–Kier alpha value is -0.260. The fraction of sp³-hybridized carbons (Fsp3) is 0.857. The Morgan fingerprint density at radius 2 is 2.00 bits per heavy atom. The Bertz CT molecular complexity index is 229. The third-order valence-electron chi connectivity index (χ3n) is 3.94. The van der Waals surface area contributed by atoms with Crippen molar-refractivity contribution < 1.29 is 0 Å². The minimum absolute atomic E-state index is 0.440. The summed E-state index contributed by atoms with van der Waals surface area (Å²) in [6, 6.07) is 0. The summed E-state index contributed by atoms with van der Waals surface area (Å²) in [4.78, 5) is 0. The van der Waals surface area contributed by atoms with Crippen molar-refractivity contribution in [1.82, 2.24) is 0 Å². The summed E-state index contributed by atoms with van der Waals surface area (Å²) in [5.74, 6) is 0.840. The highest BCUT2D eigenvalue weighted by molar-refractivity contribution is 5.16. The average molecular weight is 194 g/mol. The molecule has 0 radical (unpaired) electrons. The Balaban J connectivity index is 2.89. The topological polar surface area (TPSA) is 0 Å². The second-order valence-electron chi connectivity index (χ2n) is 6.52. The van der Waals surface area contributed by atoms with E-state index in [9.17, 15) is 0 Å². The van der Waals surface area contributed by atoms with Gasteiger partial charge in [-0.2, -0.15) is 0 Å². The van der Waals surface area contributed by atoms with Gasteiger partial charge in [0.1, 0.15) is 0 Å². The second kappa shape index (κ2) is 3.72. The highest BCUT2D eigenvalue weighted by atomic mass is 14.4. The zero-order valence-electron chi connectivity index (χ0n) is 10.8. The Labute approximate surface area is 89.8 Å². The fourth-order valence-corrected chi connectivity index (χ4v) is 2.91. The summed E-state index contributed by atoms with van der Waals surface area (Å²) in [5, 5.41) is 0. The summed E-state index contributed by atoms with van der Waals surface area (Å²) >= 11 is 0. The van der Waals surface area contributed by atoms with Crippen molar-refractivity contribution in [2.24, 2.45) is 16.7 Å². The highest BCUT2D eigenvalue weighted by Gasteiger charge is 2.37. The predicted molar refractivity (Wildman–Crippen MR) is 64.3 cm³/mol. The van der Waals surface area contributed by atoms with E-state index in [1.807, 2.05) is 0 Å². The first kappa shape index (κ1) is 11.8. The van der Waals surface area contributed by atoms with Crippen molar-refractivity contribution in [3.8, 4) is 0 Å². The number of hydrogen-bond donors (Lipinski definition) is 0. The van der Waals surface area contributed by atoms with Crippen LogP contribution in [0.25, 0.3) is 0 Å². The molecular weight excluding hydrogens is 168 g/mol. The molecule has 0 saturated carbocycles. The molecule has 0 unspecified atom stereocenters. The lowest BCUT2D eigenvalue weighted by Gasteiger charge is -2.44. The van der Waals surface area contributed by atoms with Crippen LogP contribution in [0.5, 0.6) is 0 Å². The molecule has 1 aliphatic carbocycles. The van der Waals surface area contributed by atoms with Gasteiger partial charge in [-0.3, -0.25) is 0 Å². The first-order valence-corrected chi connectivity index (χ1v) is 5.93. The van der Waals surface area contributed by atoms with Crippen LogP contribution in [0.15, 0.2) is 11.6 Å². The lowest BCUT2D eigenvalue weighted by Crippen LogP contribution is -2.33. The number of hydrogen-bond acceptors (Lipinski definition) is 0. The molecule has 0 aromatic rings. The molecule has 0 aliphatic heterocycles. The van der Waals surface area contributed by atoms with E-state index >= 15 is 0 Å². The van der Waals surface area contributed by atoms with Crippen LogP contribution >= 0.6 is 0 Å². The van der Waals surface area contributed by atoms with Gasteiger partial charge in [0.25, 0.3) is 0 Å². The SMILES string of the molecule is CC1=CCC[C@H](C)[C@]1(C)CC(C)(C)C. The van der Waals surface area contributed by atoms with Crippen LogP contribution in [0.2, 0.25) is 0 Å². The molecule has 0 N–H and O–H groups in total. The smallest absolute Gasteiger partial charge is 0.00885 e. The zero-order valence-corrected chi connectivity index (χ0v) is 10.8. The Morgan fingerprint density at radius 1 is 1.43 bits per heavy atom. The summed E-state index contributed by atoms with van der Waals surface area (Å²) in [6.45, 7) is 14.3. The van der Waals surface area contributed by atoms with Crippen LogP contribution in [0.1, 0.15) is 60.8 Å². The van der Waals surface area contributed by atoms with Crippen molar-refractivity contribution in [3.63, 3.8) is 0 Å². The van der Waals surface area contributed by atoms with E-state index in [2.05, 4.69) is 47.6 Å². The van der Waals surface area contributed by atoms with Gasteiger partial charge in [0.05, 0.1) is 0 Å². The molecule has 2 atom stereocenters. The average Bonchev–Trinajstić information content (AvgIpc) is 1.97. The van der Waals surface area contributed by atoms with Gasteiger partial charge >= 0.3 is 0 Å². The molecule has 0 nitrogen and oxygen atoms in total. The van der Waals surface area contributed by atoms with E-state index in [4.69, 9.17) is 0 Å². The molecule has 82 valence electrons. The zero-order chi connectivity index (χ0) is 11.0. The first-order valence-electron chi connectivity index (χ1n) is 5.93. The molecule has 0 spiro atoms. The monoisotopic (exact) mass is 194 g/mol. The lowest BCUT2D eigenvalue weighted by atomic mass is 9.61. The van der Waals surface area contributed by atoms with Crippen LogP contribution in [0.4, 0.5) is 0 Å². The van der Waals surface area contributed by atoms with Crippen molar-refractivity contribution in [2.75, 3.05) is 0 Å². The maximum absolute atomic E-state index is 2.45. The van der Waals surface area contributed by atoms with Gasteiger partial charge in [-0.15, -0.1) is 0 Å². The molecule has 0 amide bonds. The summed E-state index contributed by atoms with van der Waals surface area (Å²) in [6.07, 6.45) is 6.41. The summed E-state index contributed by atoms with van der Waals surface area (Å²) < 4.78 is 0. The number of allylic oxidation sites excluding steroid dienone is 2. The second-order valence-corrected chi connectivity index (χ2v) is 6.52. The van der Waals surface area contributed by atoms with E-state index in [1.54, 1.807) is 5.57 Å². The van der Waals surface area contributed by atoms with Crippen LogP contribution in [-0.2, 0) is 0 Å². The van der Waals surface area contributed by atoms with Gasteiger partial charge in [0.15, 0.2) is 0 Å². The summed E-state index contributed by atoms with van der Waals surface area (Å²) in [5.41, 5.74) is 2.50. The standard InChI is InChI=1S/C14H26/c1-11-8-7-9-12(2)14(11,6)10-13(3,4)5/h8,12H,7,9-10H2,1-6H3/t12-,14+/m0/s1. The third kappa shape index (κ3) is 2.40. The highest BCUT2D eigenvalue weighted by Crippen LogP contribution is 2.48. The van der Waals surface area contributed by atoms with Gasteiger partial charge in [0.2, 0.25) is 0 Å². The molecular formula is C14H26. The van der Waals surface area contributed by atoms with E-state index < -0.39 is 0 Å². The lowest BCUT2D eigenvalue weighted by molar-refractivity contribution is 0.144. The van der Waals surface area contributed by atoms with E-state index in [1.165, 1.54) is 19.3 Å². The molecule has 14 heavy (non-hydrogen) atoms. The van der Waals surface area contributed by atoms with Gasteiger partial charge < -0.3 is 0 Å². The molecule has 0 aromatic carbocycles. The van der Waals surface area contributed by atoms with E-state index in [-0.39, 0.29) is 0 Å². The van der Waals surface area contributed by atoms with Gasteiger partial charge in [0, 0.05) is 0 Å². The van der Waals surface area contributed by atoms with Crippen LogP contribution in [-0.4, -0.2) is 0 Å². The maximum atomic E-state index is 2.45. The molecule has 0 bridgehead atoms. The van der Waals surface area contributed by atoms with Crippen molar-refractivity contribution in [1.29, 1.82) is 0 Å². The quantitative estimate of drug-likeness (QED) is 0.526. The Morgan fingerprint density at radius 3 is 2.43 bits per heavy atom. The van der Waals surface area contributed by atoms with Crippen molar-refractivity contribution in [2.45, 2.75) is 60.8 Å².